The third-order valence-corrected chi connectivity index (χ3v) is 7.29. The van der Waals surface area contributed by atoms with Crippen LogP contribution in [0.5, 0.6) is 23.0 Å². The van der Waals surface area contributed by atoms with Gasteiger partial charge < -0.3 is 18.9 Å². The van der Waals surface area contributed by atoms with Crippen molar-refractivity contribution in [3.8, 4) is 34.1 Å². The Balaban J connectivity index is 0.000000182. The number of aryl methyl sites for hydroxylation is 2. The molecular formula is C40H34O6. The number of fused-ring (bicyclic) bond motifs is 1. The zero-order chi connectivity index (χ0) is 32.5. The molecule has 0 aliphatic heterocycles. The summed E-state index contributed by atoms with van der Waals surface area (Å²) in [5.74, 6) is 1.98. The topological polar surface area (TPSA) is 71.1 Å². The molecule has 0 atom stereocenters. The van der Waals surface area contributed by atoms with E-state index in [1.165, 1.54) is 0 Å². The lowest BCUT2D eigenvalue weighted by atomic mass is 10.0. The van der Waals surface area contributed by atoms with E-state index >= 15 is 0 Å². The van der Waals surface area contributed by atoms with E-state index in [9.17, 15) is 9.59 Å². The predicted octanol–water partition coefficient (Wildman–Crippen LogP) is 9.27. The van der Waals surface area contributed by atoms with E-state index in [0.717, 1.165) is 44.5 Å². The molecule has 6 heteroatoms. The fourth-order valence-corrected chi connectivity index (χ4v) is 4.60. The fraction of sp³-hybridized carbons (Fsp3) is 0.100. The van der Waals surface area contributed by atoms with Crippen molar-refractivity contribution in [2.45, 2.75) is 13.8 Å². The Morgan fingerprint density at radius 2 is 0.804 bits per heavy atom. The van der Waals surface area contributed by atoms with Crippen LogP contribution in [-0.2, 0) is 0 Å². The van der Waals surface area contributed by atoms with Crippen LogP contribution in [0.15, 0.2) is 133 Å². The number of hydrogen-bond donors (Lipinski definition) is 0. The molecule has 230 valence electrons. The molecule has 0 bridgehead atoms. The number of ether oxygens (including phenoxy) is 4. The smallest absolute Gasteiger partial charge is 0.343 e. The van der Waals surface area contributed by atoms with Crippen molar-refractivity contribution in [1.82, 2.24) is 0 Å². The molecule has 0 heterocycles. The third-order valence-electron chi connectivity index (χ3n) is 7.29. The maximum atomic E-state index is 12.2. The van der Waals surface area contributed by atoms with Crippen molar-refractivity contribution in [1.29, 1.82) is 0 Å². The predicted molar refractivity (Wildman–Crippen MR) is 181 cm³/mol. The first kappa shape index (κ1) is 31.5. The lowest BCUT2D eigenvalue weighted by molar-refractivity contribution is 0.0725. The summed E-state index contributed by atoms with van der Waals surface area (Å²) in [5.41, 5.74) is 5.39. The Kier molecular flexibility index (Phi) is 10.1. The SMILES string of the molecule is COc1ccc(-c2ccc(C(=O)Oc3ccc(C)cc3)cc2)cc1.COc1ccc2cc(C(=O)Oc3ccc(C)cc3)ccc2c1. The largest absolute Gasteiger partial charge is 0.497 e. The number of carbonyl (C=O) groups is 2. The molecule has 0 radical (unpaired) electrons. The normalized spacial score (nSPS) is 10.3. The molecule has 0 unspecified atom stereocenters. The number of carbonyl (C=O) groups excluding carboxylic acids is 2. The molecule has 0 aliphatic rings. The molecule has 0 N–H and O–H groups in total. The van der Waals surface area contributed by atoms with Gasteiger partial charge in [-0.1, -0.05) is 71.8 Å². The van der Waals surface area contributed by atoms with Crippen molar-refractivity contribution < 1.29 is 28.5 Å². The number of methoxy groups -OCH3 is 2. The van der Waals surface area contributed by atoms with Gasteiger partial charge in [0.1, 0.15) is 23.0 Å². The molecule has 6 nitrogen and oxygen atoms in total. The van der Waals surface area contributed by atoms with Crippen LogP contribution in [0.1, 0.15) is 31.8 Å². The van der Waals surface area contributed by atoms with Gasteiger partial charge in [0.05, 0.1) is 25.3 Å². The van der Waals surface area contributed by atoms with Gasteiger partial charge in [-0.05, 0) is 109 Å². The highest BCUT2D eigenvalue weighted by Gasteiger charge is 2.11. The van der Waals surface area contributed by atoms with Crippen molar-refractivity contribution in [3.05, 3.63) is 156 Å². The summed E-state index contributed by atoms with van der Waals surface area (Å²) in [6, 6.07) is 41.2. The van der Waals surface area contributed by atoms with Gasteiger partial charge in [0.15, 0.2) is 0 Å². The highest BCUT2D eigenvalue weighted by molar-refractivity contribution is 5.96. The van der Waals surface area contributed by atoms with Crippen LogP contribution in [0, 0.1) is 13.8 Å². The van der Waals surface area contributed by atoms with Crippen molar-refractivity contribution in [3.63, 3.8) is 0 Å². The minimum atomic E-state index is -0.361. The number of hydrogen-bond acceptors (Lipinski definition) is 6. The van der Waals surface area contributed by atoms with E-state index in [2.05, 4.69) is 0 Å². The van der Waals surface area contributed by atoms with Gasteiger partial charge in [0, 0.05) is 0 Å². The second-order valence-electron chi connectivity index (χ2n) is 10.6. The number of esters is 2. The zero-order valence-electron chi connectivity index (χ0n) is 26.2. The van der Waals surface area contributed by atoms with Gasteiger partial charge in [-0.25, -0.2) is 9.59 Å². The second kappa shape index (κ2) is 14.7. The Morgan fingerprint density at radius 3 is 1.33 bits per heavy atom. The van der Waals surface area contributed by atoms with Crippen LogP contribution in [0.25, 0.3) is 21.9 Å². The van der Waals surface area contributed by atoms with Crippen molar-refractivity contribution in [2.24, 2.45) is 0 Å². The van der Waals surface area contributed by atoms with Crippen LogP contribution in [0.2, 0.25) is 0 Å². The number of benzene rings is 6. The molecule has 46 heavy (non-hydrogen) atoms. The molecule has 6 rings (SSSR count). The van der Waals surface area contributed by atoms with E-state index in [4.69, 9.17) is 18.9 Å². The van der Waals surface area contributed by atoms with Gasteiger partial charge in [-0.2, -0.15) is 0 Å². The van der Waals surface area contributed by atoms with Crippen LogP contribution >= 0.6 is 0 Å². The summed E-state index contributed by atoms with van der Waals surface area (Å²) in [5, 5.41) is 1.99. The first-order valence-electron chi connectivity index (χ1n) is 14.7. The molecule has 0 spiro atoms. The summed E-state index contributed by atoms with van der Waals surface area (Å²) in [7, 11) is 3.28. The quantitative estimate of drug-likeness (QED) is 0.133. The highest BCUT2D eigenvalue weighted by Crippen LogP contribution is 2.24. The summed E-state index contributed by atoms with van der Waals surface area (Å²) in [6.45, 7) is 3.98. The first-order chi connectivity index (χ1) is 22.3. The monoisotopic (exact) mass is 610 g/mol. The molecule has 0 saturated heterocycles. The van der Waals surface area contributed by atoms with E-state index in [0.29, 0.717) is 22.6 Å². The van der Waals surface area contributed by atoms with Gasteiger partial charge >= 0.3 is 11.9 Å². The first-order valence-corrected chi connectivity index (χ1v) is 14.7. The summed E-state index contributed by atoms with van der Waals surface area (Å²) < 4.78 is 21.1. The van der Waals surface area contributed by atoms with Gasteiger partial charge in [-0.3, -0.25) is 0 Å². The molecule has 0 amide bonds. The molecule has 0 fully saturated rings. The van der Waals surface area contributed by atoms with Crippen molar-refractivity contribution in [2.75, 3.05) is 14.2 Å². The Morgan fingerprint density at radius 1 is 0.413 bits per heavy atom. The van der Waals surface area contributed by atoms with Crippen LogP contribution < -0.4 is 18.9 Å². The molecule has 0 aromatic heterocycles. The van der Waals surface area contributed by atoms with E-state index in [1.807, 2.05) is 105 Å². The average molecular weight is 611 g/mol. The van der Waals surface area contributed by atoms with E-state index in [1.54, 1.807) is 56.7 Å². The van der Waals surface area contributed by atoms with Gasteiger partial charge in [0.2, 0.25) is 0 Å². The molecule has 0 saturated carbocycles. The van der Waals surface area contributed by atoms with Crippen LogP contribution in [0.4, 0.5) is 0 Å². The minimum Gasteiger partial charge on any atom is -0.497 e. The highest BCUT2D eigenvalue weighted by atomic mass is 16.5. The van der Waals surface area contributed by atoms with Crippen LogP contribution in [0.3, 0.4) is 0 Å². The van der Waals surface area contributed by atoms with Crippen LogP contribution in [-0.4, -0.2) is 26.2 Å². The zero-order valence-corrected chi connectivity index (χ0v) is 26.2. The average Bonchev–Trinajstić information content (AvgIpc) is 3.10. The van der Waals surface area contributed by atoms with E-state index in [-0.39, 0.29) is 11.9 Å². The van der Waals surface area contributed by atoms with Crippen molar-refractivity contribution >= 4 is 22.7 Å². The Labute approximate surface area is 268 Å². The molecule has 6 aromatic carbocycles. The summed E-state index contributed by atoms with van der Waals surface area (Å²) in [4.78, 5) is 24.4. The second-order valence-corrected chi connectivity index (χ2v) is 10.6. The summed E-state index contributed by atoms with van der Waals surface area (Å²) >= 11 is 0. The third kappa shape index (κ3) is 8.18. The van der Waals surface area contributed by atoms with E-state index < -0.39 is 0 Å². The summed E-state index contributed by atoms with van der Waals surface area (Å²) in [6.07, 6.45) is 0. The maximum Gasteiger partial charge on any atom is 0.343 e. The number of rotatable bonds is 7. The van der Waals surface area contributed by atoms with Gasteiger partial charge in [0.25, 0.3) is 0 Å². The minimum absolute atomic E-state index is 0.360. The molecule has 0 aliphatic carbocycles. The molecular weight excluding hydrogens is 576 g/mol. The maximum absolute atomic E-state index is 12.2. The Bertz CT molecular complexity index is 1930. The lowest BCUT2D eigenvalue weighted by Crippen LogP contribution is -2.08. The molecule has 6 aromatic rings. The standard InChI is InChI=1S/C21H18O3.C19H16O3/c1-15-3-11-20(12-4-15)24-21(22)18-7-5-16(6-8-18)17-9-13-19(23-2)14-10-17;1-13-3-8-17(9-4-13)22-19(20)16-6-5-15-12-18(21-2)10-7-14(15)11-16/h3-14H,1-2H3;3-12H,1-2H3. The Hall–Kier alpha value is -5.88. The fourth-order valence-electron chi connectivity index (χ4n) is 4.60. The van der Waals surface area contributed by atoms with Gasteiger partial charge in [-0.15, -0.1) is 0 Å². The lowest BCUT2D eigenvalue weighted by Gasteiger charge is -2.07.